The molecule has 0 saturated heterocycles. The Bertz CT molecular complexity index is 407. The first-order valence-corrected chi connectivity index (χ1v) is 6.04. The molecular weight excluding hydrogens is 238 g/mol. The maximum absolute atomic E-state index is 12.3. The van der Waals surface area contributed by atoms with Gasteiger partial charge >= 0.3 is 0 Å². The highest BCUT2D eigenvalue weighted by Gasteiger charge is 2.21. The maximum atomic E-state index is 12.3. The van der Waals surface area contributed by atoms with Gasteiger partial charge in [-0.3, -0.25) is 4.79 Å². The lowest BCUT2D eigenvalue weighted by molar-refractivity contribution is 0.0711. The fourth-order valence-electron chi connectivity index (χ4n) is 1.61. The molecule has 0 radical (unpaired) electrons. The second-order valence-electron chi connectivity index (χ2n) is 3.96. The first-order valence-electron chi connectivity index (χ1n) is 5.66. The van der Waals surface area contributed by atoms with Crippen LogP contribution in [-0.4, -0.2) is 35.4 Å². The van der Waals surface area contributed by atoms with Crippen LogP contribution in [0, 0.1) is 0 Å². The van der Waals surface area contributed by atoms with Gasteiger partial charge in [0.2, 0.25) is 0 Å². The van der Waals surface area contributed by atoms with Crippen molar-refractivity contribution in [2.24, 2.45) is 0 Å². The molecule has 0 fully saturated rings. The monoisotopic (exact) mass is 255 g/mol. The summed E-state index contributed by atoms with van der Waals surface area (Å²) in [6.07, 6.45) is 0. The standard InChI is InChI=1S/C12H18ClN3O/c1-5-16(8(2)3)12(17)11-9(13)6-7-10(14-4)15-11/h6-8H,5H2,1-4H3,(H,14,15). The number of amides is 1. The van der Waals surface area contributed by atoms with E-state index in [4.69, 9.17) is 11.6 Å². The third-order valence-corrected chi connectivity index (χ3v) is 2.83. The zero-order valence-electron chi connectivity index (χ0n) is 10.6. The predicted molar refractivity (Wildman–Crippen MR) is 70.6 cm³/mol. The van der Waals surface area contributed by atoms with Gasteiger partial charge in [0, 0.05) is 19.6 Å². The smallest absolute Gasteiger partial charge is 0.274 e. The van der Waals surface area contributed by atoms with Gasteiger partial charge in [-0.05, 0) is 32.9 Å². The van der Waals surface area contributed by atoms with E-state index in [1.807, 2.05) is 20.8 Å². The van der Waals surface area contributed by atoms with Crippen LogP contribution < -0.4 is 5.32 Å². The number of carbonyl (C=O) groups is 1. The minimum absolute atomic E-state index is 0.128. The van der Waals surface area contributed by atoms with Gasteiger partial charge in [-0.2, -0.15) is 0 Å². The Kier molecular flexibility index (Phi) is 4.75. The van der Waals surface area contributed by atoms with E-state index in [9.17, 15) is 4.79 Å². The topological polar surface area (TPSA) is 45.2 Å². The lowest BCUT2D eigenvalue weighted by Gasteiger charge is -2.25. The number of anilines is 1. The van der Waals surface area contributed by atoms with Gasteiger partial charge in [0.25, 0.3) is 5.91 Å². The van der Waals surface area contributed by atoms with Crippen molar-refractivity contribution in [3.05, 3.63) is 22.8 Å². The molecule has 0 atom stereocenters. The van der Waals surface area contributed by atoms with Gasteiger partial charge in [-0.1, -0.05) is 11.6 Å². The fraction of sp³-hybridized carbons (Fsp3) is 0.500. The van der Waals surface area contributed by atoms with Crippen LogP contribution in [0.4, 0.5) is 5.82 Å². The number of nitrogens with one attached hydrogen (secondary N) is 1. The van der Waals surface area contributed by atoms with Crippen molar-refractivity contribution < 1.29 is 4.79 Å². The maximum Gasteiger partial charge on any atom is 0.274 e. The quantitative estimate of drug-likeness (QED) is 0.900. The summed E-state index contributed by atoms with van der Waals surface area (Å²) < 4.78 is 0. The molecule has 0 aliphatic heterocycles. The number of carbonyl (C=O) groups excluding carboxylic acids is 1. The fourth-order valence-corrected chi connectivity index (χ4v) is 1.80. The summed E-state index contributed by atoms with van der Waals surface area (Å²) in [5.74, 6) is 0.502. The number of aromatic nitrogens is 1. The molecule has 0 aliphatic carbocycles. The zero-order valence-corrected chi connectivity index (χ0v) is 11.4. The van der Waals surface area contributed by atoms with Crippen LogP contribution in [0.1, 0.15) is 31.3 Å². The molecule has 0 aliphatic rings. The van der Waals surface area contributed by atoms with E-state index in [0.29, 0.717) is 23.1 Å². The molecule has 1 aromatic rings. The van der Waals surface area contributed by atoms with Gasteiger partial charge in [0.15, 0.2) is 0 Å². The van der Waals surface area contributed by atoms with Crippen molar-refractivity contribution in [1.29, 1.82) is 0 Å². The number of nitrogens with zero attached hydrogens (tertiary/aromatic N) is 2. The van der Waals surface area contributed by atoms with Crippen molar-refractivity contribution in [2.45, 2.75) is 26.8 Å². The average Bonchev–Trinajstić information content (AvgIpc) is 2.30. The van der Waals surface area contributed by atoms with Crippen LogP contribution in [0.3, 0.4) is 0 Å². The highest BCUT2D eigenvalue weighted by molar-refractivity contribution is 6.33. The average molecular weight is 256 g/mol. The summed E-state index contributed by atoms with van der Waals surface area (Å²) >= 11 is 6.02. The van der Waals surface area contributed by atoms with Crippen molar-refractivity contribution in [3.8, 4) is 0 Å². The molecule has 1 amide bonds. The second kappa shape index (κ2) is 5.87. The number of hydrogen-bond acceptors (Lipinski definition) is 3. The highest BCUT2D eigenvalue weighted by Crippen LogP contribution is 2.19. The summed E-state index contributed by atoms with van der Waals surface area (Å²) in [6.45, 7) is 6.51. The summed E-state index contributed by atoms with van der Waals surface area (Å²) in [4.78, 5) is 18.2. The normalized spacial score (nSPS) is 10.5. The Morgan fingerprint density at radius 2 is 2.18 bits per heavy atom. The molecule has 1 rings (SSSR count). The highest BCUT2D eigenvalue weighted by atomic mass is 35.5. The Morgan fingerprint density at radius 3 is 2.65 bits per heavy atom. The summed E-state index contributed by atoms with van der Waals surface area (Å²) in [5, 5.41) is 3.28. The Labute approximate surface area is 107 Å². The van der Waals surface area contributed by atoms with Gasteiger partial charge in [0.05, 0.1) is 5.02 Å². The summed E-state index contributed by atoms with van der Waals surface area (Å²) in [5.41, 5.74) is 0.300. The largest absolute Gasteiger partial charge is 0.373 e. The molecular formula is C12H18ClN3O. The van der Waals surface area contributed by atoms with Crippen LogP contribution >= 0.6 is 11.6 Å². The Balaban J connectivity index is 3.10. The van der Waals surface area contributed by atoms with Gasteiger partial charge in [-0.15, -0.1) is 0 Å². The molecule has 5 heteroatoms. The first kappa shape index (κ1) is 13.8. The molecule has 0 spiro atoms. The molecule has 0 saturated carbocycles. The minimum atomic E-state index is -0.135. The predicted octanol–water partition coefficient (Wildman–Crippen LogP) is 2.65. The van der Waals surface area contributed by atoms with Crippen LogP contribution in [0.2, 0.25) is 5.02 Å². The lowest BCUT2D eigenvalue weighted by atomic mass is 10.2. The van der Waals surface area contributed by atoms with E-state index in [2.05, 4.69) is 10.3 Å². The van der Waals surface area contributed by atoms with Gasteiger partial charge < -0.3 is 10.2 Å². The van der Waals surface area contributed by atoms with Crippen molar-refractivity contribution >= 4 is 23.3 Å². The summed E-state index contributed by atoms with van der Waals surface area (Å²) in [7, 11) is 1.75. The molecule has 1 N–H and O–H groups in total. The molecule has 1 aromatic heterocycles. The van der Waals surface area contributed by atoms with E-state index in [0.717, 1.165) is 0 Å². The van der Waals surface area contributed by atoms with Gasteiger partial charge in [0.1, 0.15) is 11.5 Å². The van der Waals surface area contributed by atoms with E-state index in [1.165, 1.54) is 0 Å². The molecule has 94 valence electrons. The lowest BCUT2D eigenvalue weighted by Crippen LogP contribution is -2.37. The number of rotatable bonds is 4. The van der Waals surface area contributed by atoms with Crippen LogP contribution in [0.25, 0.3) is 0 Å². The molecule has 0 aromatic carbocycles. The van der Waals surface area contributed by atoms with Crippen molar-refractivity contribution in [3.63, 3.8) is 0 Å². The Hall–Kier alpha value is -1.29. The van der Waals surface area contributed by atoms with E-state index in [1.54, 1.807) is 24.1 Å². The number of hydrogen-bond donors (Lipinski definition) is 1. The molecule has 17 heavy (non-hydrogen) atoms. The second-order valence-corrected chi connectivity index (χ2v) is 4.37. The van der Waals surface area contributed by atoms with Crippen LogP contribution in [-0.2, 0) is 0 Å². The third-order valence-electron chi connectivity index (χ3n) is 2.53. The van der Waals surface area contributed by atoms with E-state index < -0.39 is 0 Å². The minimum Gasteiger partial charge on any atom is -0.373 e. The SMILES string of the molecule is CCN(C(=O)c1nc(NC)ccc1Cl)C(C)C. The summed E-state index contributed by atoms with van der Waals surface area (Å²) in [6, 6.07) is 3.55. The van der Waals surface area contributed by atoms with Gasteiger partial charge in [-0.25, -0.2) is 4.98 Å². The molecule has 0 unspecified atom stereocenters. The third kappa shape index (κ3) is 3.09. The van der Waals surface area contributed by atoms with E-state index in [-0.39, 0.29) is 11.9 Å². The Morgan fingerprint density at radius 1 is 1.53 bits per heavy atom. The number of halogens is 1. The van der Waals surface area contributed by atoms with Crippen LogP contribution in [0.5, 0.6) is 0 Å². The van der Waals surface area contributed by atoms with Crippen molar-refractivity contribution in [1.82, 2.24) is 9.88 Å². The number of pyridine rings is 1. The molecule has 0 bridgehead atoms. The molecule has 1 heterocycles. The first-order chi connectivity index (χ1) is 8.01. The van der Waals surface area contributed by atoms with Crippen LogP contribution in [0.15, 0.2) is 12.1 Å². The van der Waals surface area contributed by atoms with E-state index >= 15 is 0 Å². The molecule has 4 nitrogen and oxygen atoms in total. The zero-order chi connectivity index (χ0) is 13.0. The van der Waals surface area contributed by atoms with Crippen molar-refractivity contribution in [2.75, 3.05) is 18.9 Å².